The minimum Gasteiger partial charge on any atom is -0.497 e. The van der Waals surface area contributed by atoms with Crippen LogP contribution in [0.1, 0.15) is 17.4 Å². The fraction of sp³-hybridized carbons (Fsp3) is 0.240. The number of hydrogen-bond donors (Lipinski definition) is 0. The van der Waals surface area contributed by atoms with Crippen LogP contribution in [-0.4, -0.2) is 57.8 Å². The Balaban J connectivity index is 1.64. The maximum atomic E-state index is 13.5. The summed E-state index contributed by atoms with van der Waals surface area (Å²) in [6.07, 6.45) is 0. The van der Waals surface area contributed by atoms with Crippen molar-refractivity contribution in [3.8, 4) is 17.0 Å². The summed E-state index contributed by atoms with van der Waals surface area (Å²) in [5.41, 5.74) is 2.60. The number of thiazole rings is 1. The molecule has 1 aliphatic heterocycles. The average molecular weight is 509 g/mol. The Labute approximate surface area is 212 Å². The van der Waals surface area contributed by atoms with E-state index in [1.807, 2.05) is 61.5 Å². The van der Waals surface area contributed by atoms with Gasteiger partial charge in [0, 0.05) is 17.4 Å². The Morgan fingerprint density at radius 1 is 1.14 bits per heavy atom. The number of carbonyl (C=O) groups is 3. The quantitative estimate of drug-likeness (QED) is 0.453. The van der Waals surface area contributed by atoms with Gasteiger partial charge in [0.1, 0.15) is 18.8 Å². The number of anilines is 1. The van der Waals surface area contributed by atoms with Crippen LogP contribution in [0.15, 0.2) is 54.6 Å². The van der Waals surface area contributed by atoms with Crippen molar-refractivity contribution in [1.82, 2.24) is 14.8 Å². The first-order chi connectivity index (χ1) is 16.8. The van der Waals surface area contributed by atoms with E-state index in [1.165, 1.54) is 28.1 Å². The number of ether oxygens (including phenoxy) is 1. The van der Waals surface area contributed by atoms with Gasteiger partial charge in [-0.3, -0.25) is 29.1 Å². The molecule has 0 aliphatic carbocycles. The van der Waals surface area contributed by atoms with Crippen LogP contribution in [0, 0.1) is 6.92 Å². The predicted octanol–water partition coefficient (Wildman–Crippen LogP) is 3.64. The molecule has 35 heavy (non-hydrogen) atoms. The zero-order chi connectivity index (χ0) is 25.1. The molecule has 1 aliphatic rings. The molecule has 0 radical (unpaired) electrons. The van der Waals surface area contributed by atoms with Crippen LogP contribution < -0.4 is 9.64 Å². The van der Waals surface area contributed by atoms with Gasteiger partial charge in [0.15, 0.2) is 10.2 Å². The number of aryl methyl sites for hydroxylation is 1. The van der Waals surface area contributed by atoms with Gasteiger partial charge in [-0.25, -0.2) is 4.98 Å². The highest BCUT2D eigenvalue weighted by Gasteiger charge is 2.37. The maximum absolute atomic E-state index is 13.5. The molecular weight excluding hydrogens is 484 g/mol. The minimum absolute atomic E-state index is 0.0461. The predicted molar refractivity (Wildman–Crippen MR) is 138 cm³/mol. The second-order valence-corrected chi connectivity index (χ2v) is 9.51. The van der Waals surface area contributed by atoms with Gasteiger partial charge < -0.3 is 4.74 Å². The molecule has 4 rings (SSSR count). The van der Waals surface area contributed by atoms with Gasteiger partial charge in [-0.05, 0) is 49.0 Å². The minimum atomic E-state index is -0.382. The van der Waals surface area contributed by atoms with Crippen molar-refractivity contribution in [2.45, 2.75) is 20.4 Å². The molecule has 0 atom stereocenters. The maximum Gasteiger partial charge on any atom is 0.249 e. The molecule has 3 amide bonds. The summed E-state index contributed by atoms with van der Waals surface area (Å²) >= 11 is 6.69. The molecule has 2 heterocycles. The third kappa shape index (κ3) is 5.23. The summed E-state index contributed by atoms with van der Waals surface area (Å²) in [5.74, 6) is -0.315. The Kier molecular flexibility index (Phi) is 7.23. The highest BCUT2D eigenvalue weighted by Crippen LogP contribution is 2.34. The SMILES string of the molecule is COc1ccc(-c2nc(N(Cc3ccccc3)C(=O)CN3C(=O)CN(C(C)=O)C3=S)sc2C)cc1. The number of amides is 3. The van der Waals surface area contributed by atoms with Gasteiger partial charge >= 0.3 is 0 Å². The molecular formula is C25H24N4O4S2. The van der Waals surface area contributed by atoms with Crippen molar-refractivity contribution in [3.05, 3.63) is 65.0 Å². The number of rotatable bonds is 7. The van der Waals surface area contributed by atoms with E-state index < -0.39 is 0 Å². The Morgan fingerprint density at radius 2 is 1.83 bits per heavy atom. The standard InChI is InChI=1S/C25H24N4O4S2/c1-16-23(19-9-11-20(33-3)12-10-19)26-24(35-16)28(13-18-7-5-4-6-8-18)21(31)15-29-22(32)14-27(17(2)30)25(29)34/h4-12H,13-15H2,1-3H3. The van der Waals surface area contributed by atoms with Crippen molar-refractivity contribution in [2.24, 2.45) is 0 Å². The van der Waals surface area contributed by atoms with E-state index in [0.29, 0.717) is 5.13 Å². The normalized spacial score (nSPS) is 13.3. The molecule has 0 unspecified atom stereocenters. The summed E-state index contributed by atoms with van der Waals surface area (Å²) in [6, 6.07) is 17.1. The lowest BCUT2D eigenvalue weighted by Crippen LogP contribution is -2.43. The van der Waals surface area contributed by atoms with Crippen molar-refractivity contribution in [3.63, 3.8) is 0 Å². The summed E-state index contributed by atoms with van der Waals surface area (Å²) in [6.45, 7) is 3.14. The van der Waals surface area contributed by atoms with Gasteiger partial charge in [-0.15, -0.1) is 11.3 Å². The summed E-state index contributed by atoms with van der Waals surface area (Å²) in [5, 5.41) is 0.563. The second kappa shape index (κ2) is 10.3. The highest BCUT2D eigenvalue weighted by molar-refractivity contribution is 7.80. The fourth-order valence-corrected chi connectivity index (χ4v) is 5.01. The van der Waals surface area contributed by atoms with Crippen LogP contribution in [0.25, 0.3) is 11.3 Å². The summed E-state index contributed by atoms with van der Waals surface area (Å²) in [4.78, 5) is 47.5. The van der Waals surface area contributed by atoms with E-state index in [1.54, 1.807) is 12.0 Å². The third-order valence-electron chi connectivity index (χ3n) is 5.59. The molecule has 1 fully saturated rings. The smallest absolute Gasteiger partial charge is 0.249 e. The topological polar surface area (TPSA) is 83.1 Å². The highest BCUT2D eigenvalue weighted by atomic mass is 32.1. The number of carbonyl (C=O) groups excluding carboxylic acids is 3. The first-order valence-electron chi connectivity index (χ1n) is 10.9. The summed E-state index contributed by atoms with van der Waals surface area (Å²) in [7, 11) is 1.61. The number of benzene rings is 2. The lowest BCUT2D eigenvalue weighted by atomic mass is 10.1. The average Bonchev–Trinajstić information content (AvgIpc) is 3.37. The molecule has 0 N–H and O–H groups in total. The molecule has 3 aromatic rings. The van der Waals surface area contributed by atoms with E-state index in [0.717, 1.165) is 27.4 Å². The number of aromatic nitrogens is 1. The zero-order valence-electron chi connectivity index (χ0n) is 19.6. The number of methoxy groups -OCH3 is 1. The first kappa shape index (κ1) is 24.5. The van der Waals surface area contributed by atoms with Crippen molar-refractivity contribution < 1.29 is 19.1 Å². The van der Waals surface area contributed by atoms with Gasteiger partial charge in [-0.2, -0.15) is 0 Å². The number of nitrogens with zero attached hydrogens (tertiary/aromatic N) is 4. The summed E-state index contributed by atoms with van der Waals surface area (Å²) < 4.78 is 5.24. The third-order valence-corrected chi connectivity index (χ3v) is 7.03. The van der Waals surface area contributed by atoms with Crippen LogP contribution in [0.2, 0.25) is 0 Å². The number of hydrogen-bond acceptors (Lipinski definition) is 7. The molecule has 8 nitrogen and oxygen atoms in total. The molecule has 180 valence electrons. The molecule has 2 aromatic carbocycles. The van der Waals surface area contributed by atoms with E-state index in [4.69, 9.17) is 21.9 Å². The molecule has 1 saturated heterocycles. The van der Waals surface area contributed by atoms with Crippen molar-refractivity contribution in [1.29, 1.82) is 0 Å². The molecule has 0 spiro atoms. The largest absolute Gasteiger partial charge is 0.497 e. The van der Waals surface area contributed by atoms with E-state index in [2.05, 4.69) is 0 Å². The molecule has 10 heteroatoms. The van der Waals surface area contributed by atoms with Crippen molar-refractivity contribution >= 4 is 51.5 Å². The fourth-order valence-electron chi connectivity index (χ4n) is 3.71. The first-order valence-corrected chi connectivity index (χ1v) is 12.1. The van der Waals surface area contributed by atoms with E-state index in [9.17, 15) is 14.4 Å². The Bertz CT molecular complexity index is 1270. The van der Waals surface area contributed by atoms with Gasteiger partial charge in [-0.1, -0.05) is 30.3 Å². The van der Waals surface area contributed by atoms with E-state index >= 15 is 0 Å². The van der Waals surface area contributed by atoms with E-state index in [-0.39, 0.29) is 42.5 Å². The van der Waals surface area contributed by atoms with Gasteiger partial charge in [0.25, 0.3) is 0 Å². The van der Waals surface area contributed by atoms with Crippen LogP contribution >= 0.6 is 23.6 Å². The van der Waals surface area contributed by atoms with Crippen LogP contribution in [0.3, 0.4) is 0 Å². The van der Waals surface area contributed by atoms with Crippen LogP contribution in [-0.2, 0) is 20.9 Å². The lowest BCUT2D eigenvalue weighted by Gasteiger charge is -2.24. The molecule has 0 bridgehead atoms. The lowest BCUT2D eigenvalue weighted by molar-refractivity contribution is -0.131. The molecule has 0 saturated carbocycles. The zero-order valence-corrected chi connectivity index (χ0v) is 21.2. The monoisotopic (exact) mass is 508 g/mol. The Hall–Kier alpha value is -3.63. The van der Waals surface area contributed by atoms with Gasteiger partial charge in [0.2, 0.25) is 17.7 Å². The van der Waals surface area contributed by atoms with Gasteiger partial charge in [0.05, 0.1) is 19.3 Å². The Morgan fingerprint density at radius 3 is 2.43 bits per heavy atom. The second-order valence-electron chi connectivity index (χ2n) is 7.96. The van der Waals surface area contributed by atoms with Crippen LogP contribution in [0.4, 0.5) is 5.13 Å². The van der Waals surface area contributed by atoms with Crippen molar-refractivity contribution in [2.75, 3.05) is 25.1 Å². The number of thiocarbonyl (C=S) groups is 1. The van der Waals surface area contributed by atoms with Crippen LogP contribution in [0.5, 0.6) is 5.75 Å². The molecule has 1 aromatic heterocycles.